The second-order valence-corrected chi connectivity index (χ2v) is 10.7. The van der Waals surface area contributed by atoms with Crippen LogP contribution in [0.2, 0.25) is 0 Å². The Morgan fingerprint density at radius 2 is 1.88 bits per heavy atom. The van der Waals surface area contributed by atoms with Gasteiger partial charge >= 0.3 is 6.18 Å². The van der Waals surface area contributed by atoms with Gasteiger partial charge < -0.3 is 15.5 Å². The summed E-state index contributed by atoms with van der Waals surface area (Å²) in [4.78, 5) is 28.9. The fraction of sp³-hybridized carbons (Fsp3) is 0.345. The highest BCUT2D eigenvalue weighted by Crippen LogP contribution is 2.40. The standard InChI is InChI=1S/C29H34F3N7O2/c1-6-24(40)34-22-13-12-19(14-21(22)29(30,31)32)27(41)35-26-20-15-39(28(2,3)25(20)36-37-26)17-33-23(16-38(4)5)18-10-8-7-9-11-18/h6-14,23,33H,1,15-17H2,2-5H3,(H,34,40)(H2,35,36,37,41)/t23-/m1/s1. The highest BCUT2D eigenvalue weighted by Gasteiger charge is 2.41. The van der Waals surface area contributed by atoms with E-state index in [1.54, 1.807) is 0 Å². The number of amides is 2. The van der Waals surface area contributed by atoms with E-state index in [0.717, 1.165) is 29.9 Å². The number of aromatic nitrogens is 2. The first kappa shape index (κ1) is 30.0. The molecule has 1 aromatic heterocycles. The molecule has 0 aliphatic carbocycles. The van der Waals surface area contributed by atoms with Gasteiger partial charge in [-0.05, 0) is 57.8 Å². The van der Waals surface area contributed by atoms with Crippen molar-refractivity contribution in [2.24, 2.45) is 0 Å². The molecule has 0 radical (unpaired) electrons. The molecular formula is C29H34F3N7O2. The fourth-order valence-electron chi connectivity index (χ4n) is 4.88. The Labute approximate surface area is 236 Å². The zero-order chi connectivity index (χ0) is 29.9. The van der Waals surface area contributed by atoms with Crippen molar-refractivity contribution in [2.75, 3.05) is 37.9 Å². The second-order valence-electron chi connectivity index (χ2n) is 10.7. The van der Waals surface area contributed by atoms with Crippen LogP contribution in [0, 0.1) is 0 Å². The molecule has 2 aromatic carbocycles. The summed E-state index contributed by atoms with van der Waals surface area (Å²) in [6, 6.07) is 13.2. The number of carbonyl (C=O) groups excluding carboxylic acids is 2. The summed E-state index contributed by atoms with van der Waals surface area (Å²) in [7, 11) is 4.04. The lowest BCUT2D eigenvalue weighted by molar-refractivity contribution is -0.137. The molecule has 0 saturated heterocycles. The minimum atomic E-state index is -4.80. The highest BCUT2D eigenvalue weighted by molar-refractivity contribution is 6.05. The average Bonchev–Trinajstić information content (AvgIpc) is 3.43. The number of nitrogens with zero attached hydrogens (tertiary/aromatic N) is 3. The lowest BCUT2D eigenvalue weighted by Gasteiger charge is -2.34. The molecule has 12 heteroatoms. The summed E-state index contributed by atoms with van der Waals surface area (Å²) in [5, 5.41) is 15.7. The summed E-state index contributed by atoms with van der Waals surface area (Å²) < 4.78 is 41.1. The molecule has 1 aliphatic rings. The maximum Gasteiger partial charge on any atom is 0.418 e. The molecule has 4 N–H and O–H groups in total. The van der Waals surface area contributed by atoms with E-state index < -0.39 is 34.8 Å². The number of halogens is 3. The largest absolute Gasteiger partial charge is 0.418 e. The molecular weight excluding hydrogens is 535 g/mol. The first-order valence-corrected chi connectivity index (χ1v) is 13.0. The number of alkyl halides is 3. The van der Waals surface area contributed by atoms with E-state index in [4.69, 9.17) is 0 Å². The van der Waals surface area contributed by atoms with Crippen LogP contribution >= 0.6 is 0 Å². The topological polar surface area (TPSA) is 105 Å². The number of H-pyrrole nitrogens is 1. The number of hydrogen-bond donors (Lipinski definition) is 4. The van der Waals surface area contributed by atoms with Gasteiger partial charge in [-0.1, -0.05) is 36.9 Å². The van der Waals surface area contributed by atoms with Crippen LogP contribution in [0.5, 0.6) is 0 Å². The van der Waals surface area contributed by atoms with Crippen molar-refractivity contribution in [3.63, 3.8) is 0 Å². The molecule has 0 unspecified atom stereocenters. The van der Waals surface area contributed by atoms with Crippen LogP contribution in [0.15, 0.2) is 61.2 Å². The Hall–Kier alpha value is -4.00. The third kappa shape index (κ3) is 6.67. The van der Waals surface area contributed by atoms with Gasteiger partial charge in [-0.25, -0.2) is 0 Å². The Balaban J connectivity index is 1.51. The van der Waals surface area contributed by atoms with E-state index in [9.17, 15) is 22.8 Å². The van der Waals surface area contributed by atoms with Crippen molar-refractivity contribution in [1.82, 2.24) is 25.3 Å². The van der Waals surface area contributed by atoms with E-state index in [2.05, 4.69) is 54.7 Å². The van der Waals surface area contributed by atoms with Gasteiger partial charge in [0.15, 0.2) is 5.82 Å². The van der Waals surface area contributed by atoms with Crippen LogP contribution in [0.1, 0.15) is 52.6 Å². The molecule has 9 nitrogen and oxygen atoms in total. The fourth-order valence-corrected chi connectivity index (χ4v) is 4.88. The number of rotatable bonds is 10. The number of likely N-dealkylation sites (N-methyl/N-ethyl adjacent to an activating group) is 1. The van der Waals surface area contributed by atoms with E-state index in [1.807, 2.05) is 46.1 Å². The molecule has 218 valence electrons. The van der Waals surface area contributed by atoms with E-state index in [1.165, 1.54) is 11.6 Å². The predicted molar refractivity (Wildman–Crippen MR) is 151 cm³/mol. The van der Waals surface area contributed by atoms with Crippen LogP contribution < -0.4 is 16.0 Å². The highest BCUT2D eigenvalue weighted by atomic mass is 19.4. The van der Waals surface area contributed by atoms with Crippen molar-refractivity contribution in [3.8, 4) is 0 Å². The lowest BCUT2D eigenvalue weighted by atomic mass is 10.0. The van der Waals surface area contributed by atoms with Gasteiger partial charge in [-0.3, -0.25) is 24.9 Å². The number of nitrogens with one attached hydrogen (secondary N) is 4. The summed E-state index contributed by atoms with van der Waals surface area (Å²) in [5.41, 5.74) is 0.461. The maximum atomic E-state index is 13.7. The van der Waals surface area contributed by atoms with Crippen molar-refractivity contribution in [2.45, 2.75) is 38.1 Å². The predicted octanol–water partition coefficient (Wildman–Crippen LogP) is 4.71. The number of anilines is 2. The van der Waals surface area contributed by atoms with Crippen LogP contribution in [0.4, 0.5) is 24.7 Å². The van der Waals surface area contributed by atoms with E-state index in [0.29, 0.717) is 19.3 Å². The van der Waals surface area contributed by atoms with Gasteiger partial charge in [0.05, 0.1) is 22.5 Å². The van der Waals surface area contributed by atoms with Crippen molar-refractivity contribution in [1.29, 1.82) is 0 Å². The van der Waals surface area contributed by atoms with Crippen molar-refractivity contribution in [3.05, 3.63) is 89.1 Å². The Kier molecular flexibility index (Phi) is 8.66. The normalized spacial score (nSPS) is 15.4. The first-order valence-electron chi connectivity index (χ1n) is 13.0. The van der Waals surface area contributed by atoms with Gasteiger partial charge in [0.1, 0.15) is 0 Å². The average molecular weight is 570 g/mol. The van der Waals surface area contributed by atoms with Crippen molar-refractivity contribution >= 4 is 23.3 Å². The molecule has 1 atom stereocenters. The van der Waals surface area contributed by atoms with E-state index in [-0.39, 0.29) is 17.4 Å². The molecule has 3 aromatic rings. The summed E-state index contributed by atoms with van der Waals surface area (Å²) in [5.74, 6) is -1.29. The van der Waals surface area contributed by atoms with Gasteiger partial charge in [-0.2, -0.15) is 18.3 Å². The Morgan fingerprint density at radius 1 is 1.17 bits per heavy atom. The number of carbonyl (C=O) groups is 2. The zero-order valence-corrected chi connectivity index (χ0v) is 23.4. The van der Waals surface area contributed by atoms with Crippen LogP contribution in [0.3, 0.4) is 0 Å². The minimum absolute atomic E-state index is 0.0836. The number of benzene rings is 2. The monoisotopic (exact) mass is 569 g/mol. The molecule has 0 bridgehead atoms. The second kappa shape index (κ2) is 11.9. The van der Waals surface area contributed by atoms with Gasteiger partial charge in [-0.15, -0.1) is 0 Å². The number of aromatic amines is 1. The Bertz CT molecular complexity index is 1420. The van der Waals surface area contributed by atoms with Crippen LogP contribution in [0.25, 0.3) is 0 Å². The zero-order valence-electron chi connectivity index (χ0n) is 23.4. The van der Waals surface area contributed by atoms with Crippen LogP contribution in [-0.4, -0.2) is 59.1 Å². The molecule has 41 heavy (non-hydrogen) atoms. The third-order valence-corrected chi connectivity index (χ3v) is 7.16. The first-order chi connectivity index (χ1) is 19.3. The van der Waals surface area contributed by atoms with Gasteiger partial charge in [0.2, 0.25) is 5.91 Å². The summed E-state index contributed by atoms with van der Waals surface area (Å²) in [6.07, 6.45) is -3.93. The van der Waals surface area contributed by atoms with E-state index >= 15 is 0 Å². The smallest absolute Gasteiger partial charge is 0.322 e. The maximum absolute atomic E-state index is 13.7. The quantitative estimate of drug-likeness (QED) is 0.264. The molecule has 2 amide bonds. The SMILES string of the molecule is C=CC(=O)Nc1ccc(C(=O)Nc2n[nH]c3c2CN(CN[C@H](CN(C)C)c2ccccc2)C3(C)C)cc1C(F)(F)F. The number of fused-ring (bicyclic) bond motifs is 1. The Morgan fingerprint density at radius 3 is 2.51 bits per heavy atom. The van der Waals surface area contributed by atoms with Gasteiger partial charge in [0.25, 0.3) is 5.91 Å². The molecule has 0 fully saturated rings. The van der Waals surface area contributed by atoms with Gasteiger partial charge in [0, 0.05) is 36.9 Å². The molecule has 2 heterocycles. The molecule has 0 spiro atoms. The molecule has 4 rings (SSSR count). The number of hydrogen-bond acceptors (Lipinski definition) is 6. The summed E-state index contributed by atoms with van der Waals surface area (Å²) in [6.45, 7) is 9.13. The van der Waals surface area contributed by atoms with Crippen LogP contribution in [-0.2, 0) is 23.1 Å². The molecule has 1 aliphatic heterocycles. The molecule has 0 saturated carbocycles. The van der Waals surface area contributed by atoms with Crippen molar-refractivity contribution < 1.29 is 22.8 Å². The lowest BCUT2D eigenvalue weighted by Crippen LogP contribution is -2.44. The minimum Gasteiger partial charge on any atom is -0.322 e. The summed E-state index contributed by atoms with van der Waals surface area (Å²) >= 11 is 0. The third-order valence-electron chi connectivity index (χ3n) is 7.16.